The van der Waals surface area contributed by atoms with Crippen molar-refractivity contribution < 1.29 is 18.3 Å². The van der Waals surface area contributed by atoms with Gasteiger partial charge in [-0.3, -0.25) is 4.79 Å². The first-order valence-corrected chi connectivity index (χ1v) is 8.38. The van der Waals surface area contributed by atoms with E-state index in [1.807, 2.05) is 0 Å². The summed E-state index contributed by atoms with van der Waals surface area (Å²) in [6.07, 6.45) is 0.852. The molecule has 0 saturated carbocycles. The zero-order valence-electron chi connectivity index (χ0n) is 9.94. The fourth-order valence-electron chi connectivity index (χ4n) is 1.47. The minimum Gasteiger partial charge on any atom is -0.480 e. The van der Waals surface area contributed by atoms with E-state index in [4.69, 9.17) is 5.11 Å². The lowest BCUT2D eigenvalue weighted by atomic mass is 10.2. The molecule has 1 rings (SSSR count). The van der Waals surface area contributed by atoms with E-state index in [9.17, 15) is 13.2 Å². The molecule has 1 aromatic rings. The molecule has 0 aliphatic carbocycles. The number of halogens is 1. The fraction of sp³-hybridized carbons (Fsp3) is 0.500. The molecule has 1 atom stereocenters. The van der Waals surface area contributed by atoms with Gasteiger partial charge in [-0.15, -0.1) is 11.3 Å². The van der Waals surface area contributed by atoms with Gasteiger partial charge in [-0.1, -0.05) is 13.3 Å². The summed E-state index contributed by atoms with van der Waals surface area (Å²) in [7, 11) is -3.79. The summed E-state index contributed by atoms with van der Waals surface area (Å²) in [5, 5.41) is 8.96. The number of aryl methyl sites for hydroxylation is 1. The summed E-state index contributed by atoms with van der Waals surface area (Å²) in [5.41, 5.74) is 0. The van der Waals surface area contributed by atoms with Gasteiger partial charge in [0.05, 0.1) is 8.68 Å². The number of aliphatic carboxylic acids is 1. The molecule has 0 saturated heterocycles. The molecule has 8 heteroatoms. The van der Waals surface area contributed by atoms with Crippen molar-refractivity contribution in [3.8, 4) is 0 Å². The average Bonchev–Trinajstić information content (AvgIpc) is 2.57. The second-order valence-corrected chi connectivity index (χ2v) is 8.09. The number of rotatable bonds is 6. The maximum atomic E-state index is 12.1. The molecular weight excluding hydrogens is 342 g/mol. The van der Waals surface area contributed by atoms with Gasteiger partial charge in [-0.25, -0.2) is 8.42 Å². The molecule has 1 unspecified atom stereocenters. The van der Waals surface area contributed by atoms with Crippen molar-refractivity contribution in [2.75, 3.05) is 0 Å². The van der Waals surface area contributed by atoms with E-state index in [-0.39, 0.29) is 11.3 Å². The largest absolute Gasteiger partial charge is 0.480 e. The molecule has 0 amide bonds. The summed E-state index contributed by atoms with van der Waals surface area (Å²) in [6.45, 7) is 3.48. The molecule has 5 nitrogen and oxygen atoms in total. The van der Waals surface area contributed by atoms with E-state index in [0.717, 1.165) is 0 Å². The van der Waals surface area contributed by atoms with Crippen LogP contribution in [0.1, 0.15) is 24.6 Å². The van der Waals surface area contributed by atoms with Gasteiger partial charge in [-0.2, -0.15) is 4.72 Å². The summed E-state index contributed by atoms with van der Waals surface area (Å²) < 4.78 is 27.1. The highest BCUT2D eigenvalue weighted by molar-refractivity contribution is 9.11. The molecule has 0 spiro atoms. The van der Waals surface area contributed by atoms with Gasteiger partial charge < -0.3 is 5.11 Å². The summed E-state index contributed by atoms with van der Waals surface area (Å²) in [4.78, 5) is 11.7. The molecule has 1 heterocycles. The lowest BCUT2D eigenvalue weighted by molar-refractivity contribution is -0.139. The number of nitrogens with one attached hydrogen (secondary N) is 1. The number of sulfonamides is 1. The van der Waals surface area contributed by atoms with E-state index in [1.165, 1.54) is 17.4 Å². The van der Waals surface area contributed by atoms with Gasteiger partial charge in [0.25, 0.3) is 0 Å². The van der Waals surface area contributed by atoms with Crippen molar-refractivity contribution in [2.24, 2.45) is 0 Å². The first-order chi connectivity index (χ1) is 8.27. The first kappa shape index (κ1) is 15.6. The highest BCUT2D eigenvalue weighted by Crippen LogP contribution is 2.29. The van der Waals surface area contributed by atoms with Gasteiger partial charge in [0, 0.05) is 4.88 Å². The van der Waals surface area contributed by atoms with E-state index >= 15 is 0 Å². The monoisotopic (exact) mass is 355 g/mol. The molecule has 102 valence electrons. The number of carboxylic acid groups (broad SMARTS) is 1. The minimum absolute atomic E-state index is 0.127. The average molecular weight is 356 g/mol. The van der Waals surface area contributed by atoms with E-state index in [0.29, 0.717) is 15.1 Å². The molecular formula is C10H14BrNO4S2. The fourth-order valence-corrected chi connectivity index (χ4v) is 5.11. The van der Waals surface area contributed by atoms with E-state index in [1.54, 1.807) is 13.8 Å². The molecule has 0 aromatic carbocycles. The zero-order chi connectivity index (χ0) is 13.9. The third-order valence-electron chi connectivity index (χ3n) is 2.30. The summed E-state index contributed by atoms with van der Waals surface area (Å²) in [6, 6.07) is 0.394. The van der Waals surface area contributed by atoms with E-state index < -0.39 is 22.0 Å². The number of carboxylic acids is 1. The molecule has 0 aliphatic heterocycles. The summed E-state index contributed by atoms with van der Waals surface area (Å²) >= 11 is 4.51. The third kappa shape index (κ3) is 3.78. The minimum atomic E-state index is -3.79. The molecule has 0 fully saturated rings. The van der Waals surface area contributed by atoms with Gasteiger partial charge in [0.2, 0.25) is 10.0 Å². The molecule has 18 heavy (non-hydrogen) atoms. The Morgan fingerprint density at radius 1 is 1.61 bits per heavy atom. The second kappa shape index (κ2) is 6.14. The van der Waals surface area contributed by atoms with Crippen LogP contribution >= 0.6 is 27.3 Å². The Balaban J connectivity index is 3.00. The highest BCUT2D eigenvalue weighted by atomic mass is 79.9. The smallest absolute Gasteiger partial charge is 0.321 e. The molecule has 0 aliphatic rings. The SMILES string of the molecule is CCCC(NS(=O)(=O)c1cc(Br)sc1C)C(=O)O. The van der Waals surface area contributed by atoms with Crippen molar-refractivity contribution in [1.82, 2.24) is 4.72 Å². The standard InChI is InChI=1S/C10H14BrNO4S2/c1-3-4-7(10(13)14)12-18(15,16)8-5-9(11)17-6(8)2/h5,7,12H,3-4H2,1-2H3,(H,13,14). The Kier molecular flexibility index (Phi) is 5.32. The van der Waals surface area contributed by atoms with Crippen LogP contribution in [0.5, 0.6) is 0 Å². The van der Waals surface area contributed by atoms with Crippen molar-refractivity contribution in [3.63, 3.8) is 0 Å². The van der Waals surface area contributed by atoms with Crippen LogP contribution < -0.4 is 4.72 Å². The Bertz CT molecular complexity index is 538. The van der Waals surface area contributed by atoms with Crippen molar-refractivity contribution in [2.45, 2.75) is 37.6 Å². The van der Waals surface area contributed by atoms with Crippen LogP contribution in [-0.4, -0.2) is 25.5 Å². The zero-order valence-corrected chi connectivity index (χ0v) is 13.2. The Labute approximate surface area is 118 Å². The van der Waals surface area contributed by atoms with Crippen LogP contribution in [0.3, 0.4) is 0 Å². The van der Waals surface area contributed by atoms with Crippen molar-refractivity contribution >= 4 is 43.3 Å². The van der Waals surface area contributed by atoms with Crippen LogP contribution in [0.4, 0.5) is 0 Å². The molecule has 0 bridgehead atoms. The quantitative estimate of drug-likeness (QED) is 0.820. The topological polar surface area (TPSA) is 83.5 Å². The predicted molar refractivity (Wildman–Crippen MR) is 73.4 cm³/mol. The van der Waals surface area contributed by atoms with Crippen molar-refractivity contribution in [3.05, 3.63) is 14.7 Å². The first-order valence-electron chi connectivity index (χ1n) is 5.29. The molecule has 0 radical (unpaired) electrons. The van der Waals surface area contributed by atoms with Crippen LogP contribution in [0.2, 0.25) is 0 Å². The van der Waals surface area contributed by atoms with Crippen LogP contribution in [0.25, 0.3) is 0 Å². The van der Waals surface area contributed by atoms with Gasteiger partial charge in [0.15, 0.2) is 0 Å². The van der Waals surface area contributed by atoms with Crippen LogP contribution in [0.15, 0.2) is 14.7 Å². The number of hydrogen-bond donors (Lipinski definition) is 2. The lowest BCUT2D eigenvalue weighted by Gasteiger charge is -2.13. The lowest BCUT2D eigenvalue weighted by Crippen LogP contribution is -2.40. The predicted octanol–water partition coefficient (Wildman–Crippen LogP) is 2.35. The maximum absolute atomic E-state index is 12.1. The molecule has 1 aromatic heterocycles. The van der Waals surface area contributed by atoms with Crippen LogP contribution in [0, 0.1) is 6.92 Å². The Morgan fingerprint density at radius 3 is 2.61 bits per heavy atom. The van der Waals surface area contributed by atoms with Crippen molar-refractivity contribution in [1.29, 1.82) is 0 Å². The molecule has 2 N–H and O–H groups in total. The van der Waals surface area contributed by atoms with Crippen LogP contribution in [-0.2, 0) is 14.8 Å². The highest BCUT2D eigenvalue weighted by Gasteiger charge is 2.26. The number of carbonyl (C=O) groups is 1. The Hall–Kier alpha value is -0.440. The normalized spacial score (nSPS) is 13.5. The Morgan fingerprint density at radius 2 is 2.22 bits per heavy atom. The third-order valence-corrected chi connectivity index (χ3v) is 5.59. The number of thiophene rings is 1. The summed E-state index contributed by atoms with van der Waals surface area (Å²) in [5.74, 6) is -1.16. The van der Waals surface area contributed by atoms with Gasteiger partial charge in [0.1, 0.15) is 6.04 Å². The van der Waals surface area contributed by atoms with E-state index in [2.05, 4.69) is 20.7 Å². The maximum Gasteiger partial charge on any atom is 0.321 e. The van der Waals surface area contributed by atoms with Gasteiger partial charge in [-0.05, 0) is 35.3 Å². The second-order valence-electron chi connectivity index (χ2n) is 3.77. The number of hydrogen-bond acceptors (Lipinski definition) is 4. The van der Waals surface area contributed by atoms with Gasteiger partial charge >= 0.3 is 5.97 Å².